The Kier molecular flexibility index (Phi) is 21.3. The maximum atomic E-state index is 13.6. The van der Waals surface area contributed by atoms with E-state index in [4.69, 9.17) is 10.5 Å². The van der Waals surface area contributed by atoms with Crippen LogP contribution in [0.4, 0.5) is 28.9 Å². The van der Waals surface area contributed by atoms with Gasteiger partial charge in [-0.05, 0) is 80.6 Å². The van der Waals surface area contributed by atoms with Gasteiger partial charge >= 0.3 is 6.18 Å². The molecule has 0 bridgehead atoms. The van der Waals surface area contributed by atoms with Gasteiger partial charge in [-0.3, -0.25) is 9.59 Å². The summed E-state index contributed by atoms with van der Waals surface area (Å²) in [6, 6.07) is 16.9. The van der Waals surface area contributed by atoms with E-state index in [1.54, 1.807) is 37.3 Å². The van der Waals surface area contributed by atoms with Crippen LogP contribution >= 0.6 is 0 Å². The van der Waals surface area contributed by atoms with Crippen LogP contribution in [0.3, 0.4) is 0 Å². The molecule has 3 rings (SSSR count). The molecule has 3 N–H and O–H groups in total. The number of nitrogens with one attached hydrogen (secondary N) is 1. The summed E-state index contributed by atoms with van der Waals surface area (Å²) in [4.78, 5) is 23.2. The van der Waals surface area contributed by atoms with Crippen molar-refractivity contribution < 1.29 is 31.9 Å². The number of alkyl halides is 3. The Morgan fingerprint density at radius 2 is 1.46 bits per heavy atom. The van der Waals surface area contributed by atoms with Crippen molar-refractivity contribution in [3.63, 3.8) is 0 Å². The highest BCUT2D eigenvalue weighted by molar-refractivity contribution is 5.95. The number of nitrogen functional groups attached to an aromatic ring is 1. The average molecular weight is 647 g/mol. The number of halogens is 4. The SMILES string of the molecule is CC(=O)/C=C/c1ccc(C(C)C(=O)Nc2ccc(C(F)(F)F)c(F)c2)cc1.CCCC.CCCOCCC.Cc1ccccc1N. The highest BCUT2D eigenvalue weighted by atomic mass is 19.4. The first-order valence-corrected chi connectivity index (χ1v) is 15.6. The van der Waals surface area contributed by atoms with Gasteiger partial charge in [0.25, 0.3) is 0 Å². The van der Waals surface area contributed by atoms with Crippen molar-refractivity contribution in [1.82, 2.24) is 0 Å². The number of anilines is 2. The zero-order valence-electron chi connectivity index (χ0n) is 28.1. The van der Waals surface area contributed by atoms with Crippen molar-refractivity contribution in [3.8, 4) is 0 Å². The molecule has 0 fully saturated rings. The number of para-hydroxylation sites is 1. The Morgan fingerprint density at radius 1 is 0.891 bits per heavy atom. The molecule has 9 heteroatoms. The lowest BCUT2D eigenvalue weighted by molar-refractivity contribution is -0.140. The molecule has 3 aromatic carbocycles. The minimum Gasteiger partial charge on any atom is -0.399 e. The second-order valence-electron chi connectivity index (χ2n) is 10.5. The molecule has 1 unspecified atom stereocenters. The topological polar surface area (TPSA) is 81.4 Å². The molecule has 0 aliphatic heterocycles. The van der Waals surface area contributed by atoms with Crippen LogP contribution in [0.15, 0.2) is 72.8 Å². The van der Waals surface area contributed by atoms with Crippen LogP contribution in [0.25, 0.3) is 6.08 Å². The second kappa shape index (κ2) is 23.4. The minimum absolute atomic E-state index is 0.0571. The molecule has 0 saturated heterocycles. The van der Waals surface area contributed by atoms with Crippen molar-refractivity contribution >= 4 is 29.1 Å². The van der Waals surface area contributed by atoms with E-state index < -0.39 is 29.4 Å². The summed E-state index contributed by atoms with van der Waals surface area (Å²) in [5.74, 6) is -2.63. The summed E-state index contributed by atoms with van der Waals surface area (Å²) in [5.41, 5.74) is 7.54. The fraction of sp³-hybridized carbons (Fsp3) is 0.405. The van der Waals surface area contributed by atoms with Gasteiger partial charge in [-0.25, -0.2) is 4.39 Å². The molecule has 5 nitrogen and oxygen atoms in total. The molecule has 1 atom stereocenters. The predicted octanol–water partition coefficient (Wildman–Crippen LogP) is 10.4. The van der Waals surface area contributed by atoms with E-state index in [9.17, 15) is 27.2 Å². The van der Waals surface area contributed by atoms with Crippen LogP contribution in [0.5, 0.6) is 0 Å². The fourth-order valence-corrected chi connectivity index (χ4v) is 3.31. The number of nitrogens with two attached hydrogens (primary N) is 1. The van der Waals surface area contributed by atoms with E-state index in [-0.39, 0.29) is 11.5 Å². The molecule has 0 aliphatic carbocycles. The Hall–Kier alpha value is -3.98. The van der Waals surface area contributed by atoms with Crippen molar-refractivity contribution in [2.45, 2.75) is 86.2 Å². The van der Waals surface area contributed by atoms with Crippen LogP contribution < -0.4 is 11.1 Å². The minimum atomic E-state index is -4.79. The van der Waals surface area contributed by atoms with Gasteiger partial charge in [-0.15, -0.1) is 0 Å². The molecular weight excluding hydrogens is 596 g/mol. The number of carbonyl (C=O) groups is 2. The van der Waals surface area contributed by atoms with Crippen LogP contribution in [0.1, 0.15) is 95.4 Å². The summed E-state index contributed by atoms with van der Waals surface area (Å²) in [7, 11) is 0. The van der Waals surface area contributed by atoms with Gasteiger partial charge in [0.1, 0.15) is 5.82 Å². The Bertz CT molecular complexity index is 1300. The van der Waals surface area contributed by atoms with Crippen LogP contribution in [0, 0.1) is 12.7 Å². The molecule has 46 heavy (non-hydrogen) atoms. The van der Waals surface area contributed by atoms with Gasteiger partial charge in [0.15, 0.2) is 5.78 Å². The lowest BCUT2D eigenvalue weighted by Crippen LogP contribution is -2.19. The summed E-state index contributed by atoms with van der Waals surface area (Å²) in [6.07, 6.45) is 3.19. The Balaban J connectivity index is 0.000000859. The molecule has 0 saturated carbocycles. The summed E-state index contributed by atoms with van der Waals surface area (Å²) in [6.45, 7) is 15.5. The monoisotopic (exact) mass is 646 g/mol. The van der Waals surface area contributed by atoms with E-state index in [0.717, 1.165) is 48.9 Å². The van der Waals surface area contributed by atoms with Crippen LogP contribution in [-0.4, -0.2) is 24.9 Å². The van der Waals surface area contributed by atoms with Crippen LogP contribution in [-0.2, 0) is 20.5 Å². The number of carbonyl (C=O) groups excluding carboxylic acids is 2. The van der Waals surface area contributed by atoms with E-state index in [2.05, 4.69) is 33.0 Å². The number of benzene rings is 3. The van der Waals surface area contributed by atoms with E-state index in [1.807, 2.05) is 31.2 Å². The average Bonchev–Trinajstić information content (AvgIpc) is 3.02. The number of ketones is 1. The Labute approximate surface area is 272 Å². The highest BCUT2D eigenvalue weighted by Gasteiger charge is 2.34. The van der Waals surface area contributed by atoms with Gasteiger partial charge in [0.2, 0.25) is 5.91 Å². The first kappa shape index (κ1) is 42.0. The van der Waals surface area contributed by atoms with Crippen molar-refractivity contribution in [2.24, 2.45) is 0 Å². The third-order valence-electron chi connectivity index (χ3n) is 6.27. The number of hydrogen-bond donors (Lipinski definition) is 2. The number of aryl methyl sites for hydroxylation is 1. The molecule has 0 aliphatic rings. The molecule has 0 radical (unpaired) electrons. The largest absolute Gasteiger partial charge is 0.419 e. The van der Waals surface area contributed by atoms with Gasteiger partial charge < -0.3 is 15.8 Å². The van der Waals surface area contributed by atoms with Gasteiger partial charge in [-0.1, -0.05) is 89.1 Å². The van der Waals surface area contributed by atoms with Gasteiger partial charge in [-0.2, -0.15) is 13.2 Å². The summed E-state index contributed by atoms with van der Waals surface area (Å²) in [5, 5.41) is 2.41. The number of rotatable bonds is 10. The van der Waals surface area contributed by atoms with Crippen molar-refractivity contribution in [2.75, 3.05) is 24.3 Å². The number of allylic oxidation sites excluding steroid dienone is 1. The molecule has 1 amide bonds. The number of ether oxygens (including phenoxy) is 1. The second-order valence-corrected chi connectivity index (χ2v) is 10.5. The molecular formula is C37H50F4N2O3. The van der Waals surface area contributed by atoms with Crippen LogP contribution in [0.2, 0.25) is 0 Å². The predicted molar refractivity (Wildman–Crippen MR) is 182 cm³/mol. The maximum absolute atomic E-state index is 13.6. The molecule has 0 aromatic heterocycles. The first-order chi connectivity index (χ1) is 21.7. The lowest BCUT2D eigenvalue weighted by atomic mass is 9.98. The molecule has 3 aromatic rings. The molecule has 254 valence electrons. The van der Waals surface area contributed by atoms with E-state index in [0.29, 0.717) is 17.7 Å². The third kappa shape index (κ3) is 18.1. The van der Waals surface area contributed by atoms with Crippen molar-refractivity contribution in [1.29, 1.82) is 0 Å². The normalized spacial score (nSPS) is 11.2. The van der Waals surface area contributed by atoms with E-state index in [1.165, 1.54) is 25.8 Å². The lowest BCUT2D eigenvalue weighted by Gasteiger charge is -2.14. The smallest absolute Gasteiger partial charge is 0.399 e. The summed E-state index contributed by atoms with van der Waals surface area (Å²) >= 11 is 0. The maximum Gasteiger partial charge on any atom is 0.419 e. The standard InChI is InChI=1S/C20H17F4NO2.C7H9N.C6H14O.C4H10/c1-12(26)3-4-14-5-7-15(8-6-14)13(2)19(27)25-16-9-10-17(18(21)11-16)20(22,23)24;1-6-4-2-3-5-7(6)8;1-3-5-7-6-4-2;1-3-4-2/h3-11,13H,1-2H3,(H,25,27);2-5H,8H2,1H3;3-6H2,1-2H3;3-4H2,1-2H3/b4-3+;;;. The number of unbranched alkanes of at least 4 members (excludes halogenated alkanes) is 1. The zero-order valence-corrected chi connectivity index (χ0v) is 28.1. The number of amides is 1. The molecule has 0 heterocycles. The van der Waals surface area contributed by atoms with Crippen molar-refractivity contribution in [3.05, 3.63) is 101 Å². The first-order valence-electron chi connectivity index (χ1n) is 15.6. The van der Waals surface area contributed by atoms with Gasteiger partial charge in [0.05, 0.1) is 11.5 Å². The van der Waals surface area contributed by atoms with E-state index >= 15 is 0 Å². The zero-order chi connectivity index (χ0) is 35.1. The summed E-state index contributed by atoms with van der Waals surface area (Å²) < 4.78 is 56.4. The van der Waals surface area contributed by atoms with Gasteiger partial charge in [0, 0.05) is 24.6 Å². The quantitative estimate of drug-likeness (QED) is 0.0994. The fourth-order valence-electron chi connectivity index (χ4n) is 3.31. The third-order valence-corrected chi connectivity index (χ3v) is 6.27. The molecule has 0 spiro atoms. The highest BCUT2D eigenvalue weighted by Crippen LogP contribution is 2.32. The Morgan fingerprint density at radius 3 is 1.87 bits per heavy atom. The number of hydrogen-bond acceptors (Lipinski definition) is 4.